The molecule has 0 N–H and O–H groups in total. The van der Waals surface area contributed by atoms with Gasteiger partial charge in [-0.1, -0.05) is 22.0 Å². The summed E-state index contributed by atoms with van der Waals surface area (Å²) in [6, 6.07) is 4.13. The molecule has 0 atom stereocenters. The summed E-state index contributed by atoms with van der Waals surface area (Å²) in [5.41, 5.74) is 3.81. The van der Waals surface area contributed by atoms with E-state index in [-0.39, 0.29) is 0 Å². The van der Waals surface area contributed by atoms with E-state index in [1.165, 1.54) is 16.7 Å². The number of hydrogen-bond acceptors (Lipinski definition) is 1. The number of aldehydes is 1. The van der Waals surface area contributed by atoms with Crippen molar-refractivity contribution in [3.63, 3.8) is 0 Å². The molecule has 0 aliphatic carbocycles. The fourth-order valence-corrected chi connectivity index (χ4v) is 1.82. The third-order valence-corrected chi connectivity index (χ3v) is 3.14. The van der Waals surface area contributed by atoms with Crippen molar-refractivity contribution in [1.82, 2.24) is 0 Å². The van der Waals surface area contributed by atoms with Crippen LogP contribution in [-0.4, -0.2) is 6.29 Å². The minimum Gasteiger partial charge on any atom is -0.303 e. The van der Waals surface area contributed by atoms with Crippen LogP contribution in [0.5, 0.6) is 0 Å². The second-order valence-electron chi connectivity index (χ2n) is 3.17. The summed E-state index contributed by atoms with van der Waals surface area (Å²) in [6.45, 7) is 4.16. The van der Waals surface area contributed by atoms with Crippen molar-refractivity contribution < 1.29 is 4.79 Å². The molecular formula is C11H13BrO. The van der Waals surface area contributed by atoms with Gasteiger partial charge in [0.15, 0.2) is 0 Å². The van der Waals surface area contributed by atoms with Crippen LogP contribution in [0.2, 0.25) is 0 Å². The molecule has 0 aliphatic heterocycles. The van der Waals surface area contributed by atoms with E-state index in [1.54, 1.807) is 0 Å². The fraction of sp³-hybridized carbons (Fsp3) is 0.364. The highest BCUT2D eigenvalue weighted by Gasteiger charge is 2.04. The monoisotopic (exact) mass is 240 g/mol. The molecule has 0 unspecified atom stereocenters. The quantitative estimate of drug-likeness (QED) is 0.742. The number of carbonyl (C=O) groups excluding carboxylic acids is 1. The van der Waals surface area contributed by atoms with Crippen LogP contribution in [0.15, 0.2) is 16.6 Å². The lowest BCUT2D eigenvalue weighted by Crippen LogP contribution is -1.95. The van der Waals surface area contributed by atoms with E-state index in [2.05, 4.69) is 41.9 Å². The first-order valence-electron chi connectivity index (χ1n) is 4.35. The Hall–Kier alpha value is -0.630. The highest BCUT2D eigenvalue weighted by Crippen LogP contribution is 2.23. The highest BCUT2D eigenvalue weighted by atomic mass is 79.9. The van der Waals surface area contributed by atoms with Crippen molar-refractivity contribution in [2.75, 3.05) is 0 Å². The summed E-state index contributed by atoms with van der Waals surface area (Å²) in [5.74, 6) is 0. The zero-order chi connectivity index (χ0) is 9.84. The minimum absolute atomic E-state index is 0.609. The molecule has 0 heterocycles. The molecule has 1 aromatic rings. The average Bonchev–Trinajstić information content (AvgIpc) is 2.12. The third kappa shape index (κ3) is 2.41. The molecule has 0 bridgehead atoms. The van der Waals surface area contributed by atoms with Gasteiger partial charge in [0.05, 0.1) is 0 Å². The molecule has 0 saturated heterocycles. The van der Waals surface area contributed by atoms with Crippen molar-refractivity contribution >= 4 is 22.2 Å². The Balaban J connectivity index is 3.02. The zero-order valence-corrected chi connectivity index (χ0v) is 9.52. The van der Waals surface area contributed by atoms with Gasteiger partial charge in [-0.3, -0.25) is 0 Å². The molecule has 0 amide bonds. The summed E-state index contributed by atoms with van der Waals surface area (Å²) in [7, 11) is 0. The molecule has 0 spiro atoms. The van der Waals surface area contributed by atoms with Crippen LogP contribution >= 0.6 is 15.9 Å². The number of hydrogen-bond donors (Lipinski definition) is 0. The van der Waals surface area contributed by atoms with Crippen molar-refractivity contribution in [2.24, 2.45) is 0 Å². The Morgan fingerprint density at radius 1 is 1.38 bits per heavy atom. The number of halogens is 1. The normalized spacial score (nSPS) is 10.1. The number of aryl methyl sites for hydroxylation is 1. The van der Waals surface area contributed by atoms with Crippen LogP contribution in [0.1, 0.15) is 23.1 Å². The topological polar surface area (TPSA) is 17.1 Å². The summed E-state index contributed by atoms with van der Waals surface area (Å²) in [4.78, 5) is 10.3. The Morgan fingerprint density at radius 2 is 2.08 bits per heavy atom. The van der Waals surface area contributed by atoms with Crippen LogP contribution in [0, 0.1) is 13.8 Å². The van der Waals surface area contributed by atoms with Gasteiger partial charge in [-0.2, -0.15) is 0 Å². The van der Waals surface area contributed by atoms with E-state index in [4.69, 9.17) is 0 Å². The zero-order valence-electron chi connectivity index (χ0n) is 7.93. The van der Waals surface area contributed by atoms with Gasteiger partial charge in [-0.25, -0.2) is 0 Å². The molecular weight excluding hydrogens is 228 g/mol. The van der Waals surface area contributed by atoms with Crippen LogP contribution in [0.4, 0.5) is 0 Å². The molecule has 0 radical (unpaired) electrons. The maximum absolute atomic E-state index is 10.3. The van der Waals surface area contributed by atoms with E-state index < -0.39 is 0 Å². The van der Waals surface area contributed by atoms with Crippen LogP contribution in [0.3, 0.4) is 0 Å². The lowest BCUT2D eigenvalue weighted by molar-refractivity contribution is -0.107. The molecule has 13 heavy (non-hydrogen) atoms. The van der Waals surface area contributed by atoms with Gasteiger partial charge in [0.2, 0.25) is 0 Å². The first kappa shape index (κ1) is 10.5. The summed E-state index contributed by atoms with van der Waals surface area (Å²) in [6.07, 6.45) is 2.43. The third-order valence-electron chi connectivity index (χ3n) is 2.28. The molecule has 0 saturated carbocycles. The van der Waals surface area contributed by atoms with Crippen molar-refractivity contribution in [3.05, 3.63) is 33.3 Å². The number of carbonyl (C=O) groups is 1. The second-order valence-corrected chi connectivity index (χ2v) is 4.03. The predicted molar refractivity (Wildman–Crippen MR) is 58.0 cm³/mol. The number of benzene rings is 1. The van der Waals surface area contributed by atoms with Gasteiger partial charge in [0, 0.05) is 10.9 Å². The largest absolute Gasteiger partial charge is 0.303 e. The Morgan fingerprint density at radius 3 is 2.69 bits per heavy atom. The average molecular weight is 241 g/mol. The van der Waals surface area contributed by atoms with E-state index in [0.717, 1.165) is 17.2 Å². The summed E-state index contributed by atoms with van der Waals surface area (Å²) >= 11 is 3.48. The maximum Gasteiger partial charge on any atom is 0.120 e. The molecule has 70 valence electrons. The van der Waals surface area contributed by atoms with E-state index >= 15 is 0 Å². The Kier molecular flexibility index (Phi) is 3.67. The SMILES string of the molecule is Cc1ccc(Br)c(C)c1CCC=O. The smallest absolute Gasteiger partial charge is 0.120 e. The fourth-order valence-electron chi connectivity index (χ4n) is 1.45. The van der Waals surface area contributed by atoms with E-state index in [0.29, 0.717) is 6.42 Å². The maximum atomic E-state index is 10.3. The Labute approximate surface area is 87.3 Å². The van der Waals surface area contributed by atoms with Crippen LogP contribution < -0.4 is 0 Å². The minimum atomic E-state index is 0.609. The van der Waals surface area contributed by atoms with Crippen LogP contribution in [-0.2, 0) is 11.2 Å². The van der Waals surface area contributed by atoms with Gasteiger partial charge in [0.1, 0.15) is 6.29 Å². The molecule has 1 nitrogen and oxygen atoms in total. The van der Waals surface area contributed by atoms with Crippen molar-refractivity contribution in [2.45, 2.75) is 26.7 Å². The lowest BCUT2D eigenvalue weighted by Gasteiger charge is -2.09. The molecule has 1 rings (SSSR count). The molecule has 0 aliphatic rings. The van der Waals surface area contributed by atoms with Gasteiger partial charge in [-0.15, -0.1) is 0 Å². The predicted octanol–water partition coefficient (Wildman–Crippen LogP) is 3.20. The van der Waals surface area contributed by atoms with E-state index in [9.17, 15) is 4.79 Å². The highest BCUT2D eigenvalue weighted by molar-refractivity contribution is 9.10. The lowest BCUT2D eigenvalue weighted by atomic mass is 9.99. The van der Waals surface area contributed by atoms with Gasteiger partial charge < -0.3 is 4.79 Å². The molecule has 0 fully saturated rings. The van der Waals surface area contributed by atoms with Gasteiger partial charge >= 0.3 is 0 Å². The number of rotatable bonds is 3. The molecule has 1 aromatic carbocycles. The second kappa shape index (κ2) is 4.56. The molecule has 0 aromatic heterocycles. The van der Waals surface area contributed by atoms with E-state index in [1.807, 2.05) is 0 Å². The van der Waals surface area contributed by atoms with Crippen molar-refractivity contribution in [1.29, 1.82) is 0 Å². The first-order valence-corrected chi connectivity index (χ1v) is 5.14. The Bertz CT molecular complexity index is 318. The first-order chi connectivity index (χ1) is 6.16. The van der Waals surface area contributed by atoms with Crippen molar-refractivity contribution in [3.8, 4) is 0 Å². The summed E-state index contributed by atoms with van der Waals surface area (Å²) < 4.78 is 1.12. The summed E-state index contributed by atoms with van der Waals surface area (Å²) in [5, 5.41) is 0. The van der Waals surface area contributed by atoms with Crippen LogP contribution in [0.25, 0.3) is 0 Å². The standard InChI is InChI=1S/C11H13BrO/c1-8-5-6-11(12)9(2)10(8)4-3-7-13/h5-7H,3-4H2,1-2H3. The molecule has 2 heteroatoms. The van der Waals surface area contributed by atoms with Gasteiger partial charge in [0.25, 0.3) is 0 Å². The van der Waals surface area contributed by atoms with Gasteiger partial charge in [-0.05, 0) is 43.0 Å².